The molecule has 2 N–H and O–H groups in total. The molecule has 0 spiro atoms. The van der Waals surface area contributed by atoms with Gasteiger partial charge in [0.25, 0.3) is 0 Å². The van der Waals surface area contributed by atoms with Crippen molar-refractivity contribution >= 4 is 11.8 Å². The minimum atomic E-state index is -0.348. The molecule has 0 fully saturated rings. The second-order valence-corrected chi connectivity index (χ2v) is 4.62. The fourth-order valence-electron chi connectivity index (χ4n) is 0.863. The van der Waals surface area contributed by atoms with E-state index in [1.165, 1.54) is 11.8 Å². The summed E-state index contributed by atoms with van der Waals surface area (Å²) in [5.74, 6) is 0. The Kier molecular flexibility index (Phi) is 4.38. The van der Waals surface area contributed by atoms with Crippen LogP contribution in [0.15, 0.2) is 23.4 Å². The highest BCUT2D eigenvalue weighted by Crippen LogP contribution is 2.23. The molecule has 4 heteroatoms. The number of aliphatic hydroxyl groups excluding tert-OH is 2. The third-order valence-electron chi connectivity index (χ3n) is 1.97. The van der Waals surface area contributed by atoms with Gasteiger partial charge in [0, 0.05) is 11.4 Å². The Labute approximate surface area is 88.2 Å². The van der Waals surface area contributed by atoms with E-state index in [-0.39, 0.29) is 18.0 Å². The molecule has 0 aliphatic carbocycles. The van der Waals surface area contributed by atoms with Gasteiger partial charge in [0.1, 0.15) is 0 Å². The predicted octanol–water partition coefficient (Wildman–Crippen LogP) is 1.44. The lowest BCUT2D eigenvalue weighted by molar-refractivity contribution is 0.196. The van der Waals surface area contributed by atoms with Gasteiger partial charge in [0.15, 0.2) is 0 Å². The van der Waals surface area contributed by atoms with E-state index < -0.39 is 0 Å². The molecule has 1 heterocycles. The SMILES string of the molecule is CC(O)C(C)Sc1ccc(CO)cn1. The Morgan fingerprint density at radius 1 is 1.43 bits per heavy atom. The Balaban J connectivity index is 2.59. The smallest absolute Gasteiger partial charge is 0.0963 e. The van der Waals surface area contributed by atoms with Crippen LogP contribution < -0.4 is 0 Å². The van der Waals surface area contributed by atoms with Crippen LogP contribution in [0.3, 0.4) is 0 Å². The minimum absolute atomic E-state index is 0.0178. The summed E-state index contributed by atoms with van der Waals surface area (Å²) in [6, 6.07) is 3.69. The number of hydrogen-bond acceptors (Lipinski definition) is 4. The molecule has 14 heavy (non-hydrogen) atoms. The first-order valence-corrected chi connectivity index (χ1v) is 5.42. The van der Waals surface area contributed by atoms with Gasteiger partial charge >= 0.3 is 0 Å². The summed E-state index contributed by atoms with van der Waals surface area (Å²) < 4.78 is 0. The zero-order chi connectivity index (χ0) is 10.6. The predicted molar refractivity (Wildman–Crippen MR) is 57.2 cm³/mol. The summed E-state index contributed by atoms with van der Waals surface area (Å²) in [6.07, 6.45) is 1.30. The molecule has 0 radical (unpaired) electrons. The monoisotopic (exact) mass is 213 g/mol. The number of thioether (sulfide) groups is 1. The van der Waals surface area contributed by atoms with E-state index in [1.807, 2.05) is 19.1 Å². The van der Waals surface area contributed by atoms with Gasteiger partial charge in [-0.2, -0.15) is 0 Å². The van der Waals surface area contributed by atoms with E-state index >= 15 is 0 Å². The van der Waals surface area contributed by atoms with Gasteiger partial charge in [0.05, 0.1) is 17.7 Å². The minimum Gasteiger partial charge on any atom is -0.392 e. The number of aromatic nitrogens is 1. The molecular formula is C10H15NO2S. The molecule has 3 nitrogen and oxygen atoms in total. The van der Waals surface area contributed by atoms with Gasteiger partial charge in [0.2, 0.25) is 0 Å². The molecule has 2 atom stereocenters. The van der Waals surface area contributed by atoms with Crippen LogP contribution in [0.1, 0.15) is 19.4 Å². The molecule has 0 aromatic carbocycles. The Morgan fingerprint density at radius 3 is 2.57 bits per heavy atom. The van der Waals surface area contributed by atoms with Crippen LogP contribution in [0.5, 0.6) is 0 Å². The summed E-state index contributed by atoms with van der Waals surface area (Å²) in [4.78, 5) is 4.16. The third-order valence-corrected chi connectivity index (χ3v) is 3.21. The van der Waals surface area contributed by atoms with Crippen molar-refractivity contribution in [3.63, 3.8) is 0 Å². The molecule has 0 aliphatic heterocycles. The van der Waals surface area contributed by atoms with Crippen LogP contribution in [0.2, 0.25) is 0 Å². The lowest BCUT2D eigenvalue weighted by Crippen LogP contribution is -2.15. The molecule has 2 unspecified atom stereocenters. The van der Waals surface area contributed by atoms with Crippen molar-refractivity contribution in [2.45, 2.75) is 36.8 Å². The fourth-order valence-corrected chi connectivity index (χ4v) is 1.70. The van der Waals surface area contributed by atoms with Gasteiger partial charge in [-0.25, -0.2) is 4.98 Å². The average molecular weight is 213 g/mol. The van der Waals surface area contributed by atoms with Gasteiger partial charge in [-0.1, -0.05) is 13.0 Å². The lowest BCUT2D eigenvalue weighted by atomic mass is 10.3. The summed E-state index contributed by atoms with van der Waals surface area (Å²) in [5, 5.41) is 19.1. The zero-order valence-electron chi connectivity index (χ0n) is 8.34. The van der Waals surface area contributed by atoms with Crippen LogP contribution in [0, 0.1) is 0 Å². The van der Waals surface area contributed by atoms with Crippen molar-refractivity contribution < 1.29 is 10.2 Å². The molecule has 0 aliphatic rings. The highest BCUT2D eigenvalue weighted by atomic mass is 32.2. The van der Waals surface area contributed by atoms with E-state index in [2.05, 4.69) is 4.98 Å². The van der Waals surface area contributed by atoms with Crippen LogP contribution in [0.4, 0.5) is 0 Å². The van der Waals surface area contributed by atoms with Gasteiger partial charge in [-0.15, -0.1) is 11.8 Å². The van der Waals surface area contributed by atoms with Crippen LogP contribution in [0.25, 0.3) is 0 Å². The van der Waals surface area contributed by atoms with Crippen LogP contribution in [-0.2, 0) is 6.61 Å². The van der Waals surface area contributed by atoms with E-state index in [0.29, 0.717) is 0 Å². The maximum absolute atomic E-state index is 9.29. The highest BCUT2D eigenvalue weighted by molar-refractivity contribution is 7.99. The number of rotatable bonds is 4. The molecule has 0 amide bonds. The molecule has 0 saturated carbocycles. The van der Waals surface area contributed by atoms with Crippen molar-refractivity contribution in [3.05, 3.63) is 23.9 Å². The summed E-state index contributed by atoms with van der Waals surface area (Å²) in [6.45, 7) is 3.74. The number of nitrogens with zero attached hydrogens (tertiary/aromatic N) is 1. The van der Waals surface area contributed by atoms with Crippen molar-refractivity contribution in [2.75, 3.05) is 0 Å². The normalized spacial score (nSPS) is 15.1. The molecule has 0 bridgehead atoms. The van der Waals surface area contributed by atoms with E-state index in [9.17, 15) is 5.11 Å². The molecular weight excluding hydrogens is 198 g/mol. The number of pyridine rings is 1. The van der Waals surface area contributed by atoms with Gasteiger partial charge in [-0.3, -0.25) is 0 Å². The zero-order valence-corrected chi connectivity index (χ0v) is 9.16. The van der Waals surface area contributed by atoms with Gasteiger partial charge < -0.3 is 10.2 Å². The first-order chi connectivity index (χ1) is 6.63. The molecule has 1 rings (SSSR count). The second-order valence-electron chi connectivity index (χ2n) is 3.23. The molecule has 1 aromatic heterocycles. The molecule has 78 valence electrons. The Hall–Kier alpha value is -0.580. The molecule has 0 saturated heterocycles. The fraction of sp³-hybridized carbons (Fsp3) is 0.500. The standard InChI is InChI=1S/C10H15NO2S/c1-7(13)8(2)14-10-4-3-9(6-12)5-11-10/h3-5,7-8,12-13H,6H2,1-2H3. The summed E-state index contributed by atoms with van der Waals surface area (Å²) in [5.41, 5.74) is 0.805. The Bertz CT molecular complexity index is 274. The van der Waals surface area contributed by atoms with E-state index in [4.69, 9.17) is 5.11 Å². The largest absolute Gasteiger partial charge is 0.392 e. The van der Waals surface area contributed by atoms with Crippen molar-refractivity contribution in [1.29, 1.82) is 0 Å². The highest BCUT2D eigenvalue weighted by Gasteiger charge is 2.10. The summed E-state index contributed by atoms with van der Waals surface area (Å²) >= 11 is 1.53. The Morgan fingerprint density at radius 2 is 2.14 bits per heavy atom. The van der Waals surface area contributed by atoms with Crippen molar-refractivity contribution in [2.24, 2.45) is 0 Å². The number of aliphatic hydroxyl groups is 2. The second kappa shape index (κ2) is 5.34. The van der Waals surface area contributed by atoms with Crippen LogP contribution >= 0.6 is 11.8 Å². The molecule has 1 aromatic rings. The first-order valence-electron chi connectivity index (χ1n) is 4.54. The average Bonchev–Trinajstić information content (AvgIpc) is 2.19. The lowest BCUT2D eigenvalue weighted by Gasteiger charge is -2.13. The third kappa shape index (κ3) is 3.29. The van der Waals surface area contributed by atoms with Crippen molar-refractivity contribution in [3.8, 4) is 0 Å². The summed E-state index contributed by atoms with van der Waals surface area (Å²) in [7, 11) is 0. The number of hydrogen-bond donors (Lipinski definition) is 2. The first kappa shape index (κ1) is 11.5. The van der Waals surface area contributed by atoms with Crippen molar-refractivity contribution in [1.82, 2.24) is 4.98 Å². The topological polar surface area (TPSA) is 53.4 Å². The maximum Gasteiger partial charge on any atom is 0.0963 e. The van der Waals surface area contributed by atoms with E-state index in [1.54, 1.807) is 13.1 Å². The maximum atomic E-state index is 9.29. The van der Waals surface area contributed by atoms with E-state index in [0.717, 1.165) is 10.6 Å². The van der Waals surface area contributed by atoms with Crippen LogP contribution in [-0.4, -0.2) is 26.6 Å². The quantitative estimate of drug-likeness (QED) is 0.743. The van der Waals surface area contributed by atoms with Gasteiger partial charge in [-0.05, 0) is 18.6 Å².